The van der Waals surface area contributed by atoms with E-state index in [1.54, 1.807) is 11.7 Å². The van der Waals surface area contributed by atoms with Crippen LogP contribution >= 0.6 is 0 Å². The number of aliphatic hydroxyl groups is 1. The first-order valence-corrected chi connectivity index (χ1v) is 10.9. The molecule has 2 aromatic heterocycles. The van der Waals surface area contributed by atoms with Crippen LogP contribution in [0.15, 0.2) is 18.5 Å². The molecule has 2 aromatic rings. The fourth-order valence-electron chi connectivity index (χ4n) is 4.01. The van der Waals surface area contributed by atoms with Gasteiger partial charge in [0.2, 0.25) is 11.8 Å². The number of aliphatic hydroxyl groups excluding tert-OH is 1. The SMILES string of the molecule is CC(=O)N[C@H](C(=O)N1C[C@H](O)C[C@H]1c1nc(C(=O)N(C)Cc2ccn(C)n2)c[nH]1)C(C)(C)C. The highest BCUT2D eigenvalue weighted by Crippen LogP contribution is 2.33. The molecule has 3 N–H and O–H groups in total. The first kappa shape index (κ1) is 24.4. The fraction of sp³-hybridized carbons (Fsp3) is 0.591. The Hall–Kier alpha value is -3.21. The summed E-state index contributed by atoms with van der Waals surface area (Å²) < 4.78 is 1.67. The maximum absolute atomic E-state index is 13.4. The van der Waals surface area contributed by atoms with E-state index in [0.717, 1.165) is 5.69 Å². The summed E-state index contributed by atoms with van der Waals surface area (Å²) in [5.41, 5.74) is 0.441. The van der Waals surface area contributed by atoms with Gasteiger partial charge in [-0.15, -0.1) is 0 Å². The standard InChI is InChI=1S/C22H33N7O4/c1-13(30)24-18(22(2,3)4)21(33)29-12-15(31)9-17(29)19-23-10-16(25-19)20(32)27(5)11-14-7-8-28(6)26-14/h7-8,10,15,17-18,31H,9,11-12H2,1-6H3,(H,23,25)(H,24,30)/t15-,17+,18-/m1/s1. The molecule has 1 fully saturated rings. The van der Waals surface area contributed by atoms with Crippen LogP contribution in [0.2, 0.25) is 0 Å². The second-order valence-corrected chi connectivity index (χ2v) is 9.71. The molecule has 1 aliphatic heterocycles. The number of nitrogens with one attached hydrogen (secondary N) is 2. The Morgan fingerprint density at radius 3 is 2.64 bits per heavy atom. The maximum Gasteiger partial charge on any atom is 0.274 e. The van der Waals surface area contributed by atoms with Gasteiger partial charge < -0.3 is 25.2 Å². The van der Waals surface area contributed by atoms with Crippen LogP contribution in [0.5, 0.6) is 0 Å². The topological polar surface area (TPSA) is 136 Å². The summed E-state index contributed by atoms with van der Waals surface area (Å²) >= 11 is 0. The van der Waals surface area contributed by atoms with Crippen molar-refractivity contribution < 1.29 is 19.5 Å². The van der Waals surface area contributed by atoms with Gasteiger partial charge in [-0.05, 0) is 11.5 Å². The molecular formula is C22H33N7O4. The van der Waals surface area contributed by atoms with Crippen molar-refractivity contribution in [3.05, 3.63) is 35.7 Å². The molecule has 0 aliphatic carbocycles. The third-order valence-corrected chi connectivity index (χ3v) is 5.67. The largest absolute Gasteiger partial charge is 0.391 e. The molecule has 11 heteroatoms. The van der Waals surface area contributed by atoms with Gasteiger partial charge in [0.15, 0.2) is 0 Å². The molecule has 0 unspecified atom stereocenters. The van der Waals surface area contributed by atoms with E-state index < -0.39 is 23.6 Å². The molecule has 3 rings (SSSR count). The number of H-pyrrole nitrogens is 1. The Morgan fingerprint density at radius 1 is 1.36 bits per heavy atom. The molecule has 0 radical (unpaired) electrons. The van der Waals surface area contributed by atoms with Crippen molar-refractivity contribution in [1.29, 1.82) is 0 Å². The molecule has 1 aliphatic rings. The number of amides is 3. The molecule has 3 heterocycles. The van der Waals surface area contributed by atoms with Crippen molar-refractivity contribution >= 4 is 17.7 Å². The lowest BCUT2D eigenvalue weighted by atomic mass is 9.85. The highest BCUT2D eigenvalue weighted by atomic mass is 16.3. The van der Waals surface area contributed by atoms with Gasteiger partial charge in [0.25, 0.3) is 5.91 Å². The lowest BCUT2D eigenvalue weighted by Crippen LogP contribution is -2.54. The first-order valence-electron chi connectivity index (χ1n) is 10.9. The summed E-state index contributed by atoms with van der Waals surface area (Å²) in [4.78, 5) is 48.4. The fourth-order valence-corrected chi connectivity index (χ4v) is 4.01. The Bertz CT molecular complexity index is 1020. The van der Waals surface area contributed by atoms with Crippen molar-refractivity contribution in [2.45, 2.75) is 58.8 Å². The second kappa shape index (κ2) is 9.34. The zero-order chi connectivity index (χ0) is 24.5. The Morgan fingerprint density at radius 2 is 2.06 bits per heavy atom. The Labute approximate surface area is 193 Å². The third kappa shape index (κ3) is 5.59. The van der Waals surface area contributed by atoms with Crippen molar-refractivity contribution in [2.24, 2.45) is 12.5 Å². The number of hydrogen-bond acceptors (Lipinski definition) is 6. The van der Waals surface area contributed by atoms with Gasteiger partial charge >= 0.3 is 0 Å². The van der Waals surface area contributed by atoms with Crippen LogP contribution in [0, 0.1) is 5.41 Å². The van der Waals surface area contributed by atoms with Crippen LogP contribution in [0.1, 0.15) is 62.2 Å². The average Bonchev–Trinajstić information content (AvgIpc) is 3.43. The number of aromatic nitrogens is 4. The number of likely N-dealkylation sites (tertiary alicyclic amines) is 1. The highest BCUT2D eigenvalue weighted by molar-refractivity contribution is 5.92. The normalized spacial score (nSPS) is 19.4. The van der Waals surface area contributed by atoms with E-state index >= 15 is 0 Å². The van der Waals surface area contributed by atoms with Gasteiger partial charge in [-0.1, -0.05) is 20.8 Å². The number of rotatable bonds is 6. The second-order valence-electron chi connectivity index (χ2n) is 9.71. The molecule has 0 spiro atoms. The monoisotopic (exact) mass is 459 g/mol. The van der Waals surface area contributed by atoms with Crippen LogP contribution in [0.25, 0.3) is 0 Å². The summed E-state index contributed by atoms with van der Waals surface area (Å²) in [6, 6.07) is 0.543. The van der Waals surface area contributed by atoms with Crippen molar-refractivity contribution in [1.82, 2.24) is 34.9 Å². The number of imidazole rings is 1. The number of β-amino-alcohol motifs (C(OH)–C–C–N with tert-alkyl or cyclic N) is 1. The van der Waals surface area contributed by atoms with Gasteiger partial charge in [0.05, 0.1) is 24.4 Å². The van der Waals surface area contributed by atoms with E-state index in [1.165, 1.54) is 22.9 Å². The van der Waals surface area contributed by atoms with Crippen LogP contribution in [0.4, 0.5) is 0 Å². The number of aromatic amines is 1. The van der Waals surface area contributed by atoms with Crippen LogP contribution in [-0.2, 0) is 23.2 Å². The summed E-state index contributed by atoms with van der Waals surface area (Å²) in [5, 5.41) is 17.3. The number of nitrogens with zero attached hydrogens (tertiary/aromatic N) is 5. The minimum absolute atomic E-state index is 0.124. The van der Waals surface area contributed by atoms with E-state index in [1.807, 2.05) is 40.1 Å². The lowest BCUT2D eigenvalue weighted by molar-refractivity contribution is -0.140. The van der Waals surface area contributed by atoms with E-state index in [4.69, 9.17) is 0 Å². The van der Waals surface area contributed by atoms with Crippen LogP contribution < -0.4 is 5.32 Å². The minimum Gasteiger partial charge on any atom is -0.391 e. The van der Waals surface area contributed by atoms with Crippen molar-refractivity contribution in [3.63, 3.8) is 0 Å². The molecule has 33 heavy (non-hydrogen) atoms. The summed E-state index contributed by atoms with van der Waals surface area (Å²) in [6.07, 6.45) is 2.87. The zero-order valence-electron chi connectivity index (χ0n) is 20.0. The molecule has 0 aromatic carbocycles. The first-order chi connectivity index (χ1) is 15.4. The van der Waals surface area contributed by atoms with Gasteiger partial charge in [-0.25, -0.2) is 4.98 Å². The number of carbonyl (C=O) groups excluding carboxylic acids is 3. The van der Waals surface area contributed by atoms with Gasteiger partial charge in [0, 0.05) is 46.4 Å². The van der Waals surface area contributed by atoms with Crippen LogP contribution in [-0.4, -0.2) is 78.1 Å². The quantitative estimate of drug-likeness (QED) is 0.579. The summed E-state index contributed by atoms with van der Waals surface area (Å²) in [5.74, 6) is -0.465. The van der Waals surface area contributed by atoms with E-state index in [-0.39, 0.29) is 36.4 Å². The van der Waals surface area contributed by atoms with E-state index in [0.29, 0.717) is 12.4 Å². The minimum atomic E-state index is -0.761. The lowest BCUT2D eigenvalue weighted by Gasteiger charge is -2.35. The van der Waals surface area contributed by atoms with Gasteiger partial charge in [-0.3, -0.25) is 19.1 Å². The van der Waals surface area contributed by atoms with Gasteiger partial charge in [0.1, 0.15) is 17.6 Å². The molecule has 0 bridgehead atoms. The summed E-state index contributed by atoms with van der Waals surface area (Å²) in [7, 11) is 3.48. The predicted octanol–water partition coefficient (Wildman–Crippen LogP) is 0.601. The highest BCUT2D eigenvalue weighted by Gasteiger charge is 2.43. The van der Waals surface area contributed by atoms with E-state index in [9.17, 15) is 19.5 Å². The Kier molecular flexibility index (Phi) is 6.92. The summed E-state index contributed by atoms with van der Waals surface area (Å²) in [6.45, 7) is 7.43. The molecular weight excluding hydrogens is 426 g/mol. The predicted molar refractivity (Wildman–Crippen MR) is 120 cm³/mol. The number of hydrogen-bond donors (Lipinski definition) is 3. The molecule has 3 amide bonds. The Balaban J connectivity index is 1.78. The molecule has 1 saturated heterocycles. The molecule has 3 atom stereocenters. The third-order valence-electron chi connectivity index (χ3n) is 5.67. The number of carbonyl (C=O) groups is 3. The van der Waals surface area contributed by atoms with Gasteiger partial charge in [-0.2, -0.15) is 5.10 Å². The smallest absolute Gasteiger partial charge is 0.274 e. The van der Waals surface area contributed by atoms with Crippen molar-refractivity contribution in [2.75, 3.05) is 13.6 Å². The van der Waals surface area contributed by atoms with Crippen molar-refractivity contribution in [3.8, 4) is 0 Å². The molecule has 11 nitrogen and oxygen atoms in total. The molecule has 180 valence electrons. The zero-order valence-corrected chi connectivity index (χ0v) is 20.0. The number of aryl methyl sites for hydroxylation is 1. The molecule has 0 saturated carbocycles. The average molecular weight is 460 g/mol. The van der Waals surface area contributed by atoms with E-state index in [2.05, 4.69) is 20.4 Å². The van der Waals surface area contributed by atoms with Crippen LogP contribution in [0.3, 0.4) is 0 Å². The maximum atomic E-state index is 13.4.